The number of imidazole rings is 1. The summed E-state index contributed by atoms with van der Waals surface area (Å²) < 4.78 is 15.8. The maximum absolute atomic E-state index is 14.1. The summed E-state index contributed by atoms with van der Waals surface area (Å²) in [6, 6.07) is 5.16. The molecule has 0 amide bonds. The van der Waals surface area contributed by atoms with Gasteiger partial charge in [-0.1, -0.05) is 6.07 Å². The molecule has 0 saturated heterocycles. The summed E-state index contributed by atoms with van der Waals surface area (Å²) in [5, 5.41) is 6.37. The number of halogens is 2. The van der Waals surface area contributed by atoms with Gasteiger partial charge in [0, 0.05) is 38.3 Å². The number of hydrogen-bond acceptors (Lipinski definition) is 3. The predicted molar refractivity (Wildman–Crippen MR) is 106 cm³/mol. The average Bonchev–Trinajstić information content (AvgIpc) is 3.05. The highest BCUT2D eigenvalue weighted by Crippen LogP contribution is 2.14. The van der Waals surface area contributed by atoms with E-state index in [1.807, 2.05) is 6.07 Å². The second-order valence-electron chi connectivity index (χ2n) is 4.60. The smallest absolute Gasteiger partial charge is 0.191 e. The largest absolute Gasteiger partial charge is 0.356 e. The normalized spacial score (nSPS) is 11.0. The zero-order valence-corrected chi connectivity index (χ0v) is 16.3. The lowest BCUT2D eigenvalue weighted by Crippen LogP contribution is -2.37. The molecule has 2 aromatic rings. The Hall–Kier alpha value is -1.29. The van der Waals surface area contributed by atoms with Gasteiger partial charge in [0.2, 0.25) is 0 Å². The van der Waals surface area contributed by atoms with Crippen molar-refractivity contribution in [1.29, 1.82) is 0 Å². The maximum Gasteiger partial charge on any atom is 0.191 e. The predicted octanol–water partition coefficient (Wildman–Crippen LogP) is 2.66. The fraction of sp³-hybridized carbons (Fsp3) is 0.333. The summed E-state index contributed by atoms with van der Waals surface area (Å²) in [6.07, 6.45) is 6.98. The Kier molecular flexibility index (Phi) is 9.00. The molecular formula is C15H21FIN5S. The first-order valence-corrected chi connectivity index (χ1v) is 8.34. The van der Waals surface area contributed by atoms with E-state index >= 15 is 0 Å². The number of benzene rings is 1. The van der Waals surface area contributed by atoms with Gasteiger partial charge in [-0.25, -0.2) is 9.37 Å². The van der Waals surface area contributed by atoms with Crippen LogP contribution in [0.3, 0.4) is 0 Å². The van der Waals surface area contributed by atoms with Crippen LogP contribution < -0.4 is 10.6 Å². The van der Waals surface area contributed by atoms with Crippen LogP contribution in [-0.4, -0.2) is 41.1 Å². The molecule has 0 bridgehead atoms. The van der Waals surface area contributed by atoms with E-state index in [4.69, 9.17) is 0 Å². The third kappa shape index (κ3) is 6.02. The van der Waals surface area contributed by atoms with Gasteiger partial charge in [-0.3, -0.25) is 4.99 Å². The molecule has 1 aromatic heterocycles. The van der Waals surface area contributed by atoms with E-state index in [9.17, 15) is 4.39 Å². The molecule has 0 aliphatic heterocycles. The molecule has 126 valence electrons. The molecule has 0 saturated carbocycles. The number of aliphatic imine (C=N–C) groups is 1. The highest BCUT2D eigenvalue weighted by molar-refractivity contribution is 14.0. The summed E-state index contributed by atoms with van der Waals surface area (Å²) in [6.45, 7) is 1.36. The number of nitrogens with zero attached hydrogens (tertiary/aromatic N) is 3. The fourth-order valence-corrected chi connectivity index (χ4v) is 2.26. The molecule has 0 fully saturated rings. The highest BCUT2D eigenvalue weighted by Gasteiger charge is 2.06. The number of nitrogens with one attached hydrogen (secondary N) is 2. The van der Waals surface area contributed by atoms with Gasteiger partial charge in [0.25, 0.3) is 0 Å². The maximum atomic E-state index is 14.1. The van der Waals surface area contributed by atoms with Gasteiger partial charge in [-0.15, -0.1) is 24.0 Å². The van der Waals surface area contributed by atoms with Crippen molar-refractivity contribution in [1.82, 2.24) is 20.2 Å². The highest BCUT2D eigenvalue weighted by atomic mass is 127. The lowest BCUT2D eigenvalue weighted by atomic mass is 10.2. The summed E-state index contributed by atoms with van der Waals surface area (Å²) in [5.41, 5.74) is 1.35. The van der Waals surface area contributed by atoms with Crippen molar-refractivity contribution in [2.45, 2.75) is 6.54 Å². The van der Waals surface area contributed by atoms with Crippen molar-refractivity contribution >= 4 is 41.7 Å². The monoisotopic (exact) mass is 449 g/mol. The minimum atomic E-state index is -0.275. The number of guanidine groups is 1. The third-order valence-electron chi connectivity index (χ3n) is 3.08. The summed E-state index contributed by atoms with van der Waals surface area (Å²) >= 11 is 1.77. The molecule has 0 aliphatic carbocycles. The van der Waals surface area contributed by atoms with E-state index in [0.29, 0.717) is 18.2 Å². The number of thioether (sulfide) groups is 1. The van der Waals surface area contributed by atoms with E-state index in [-0.39, 0.29) is 29.8 Å². The van der Waals surface area contributed by atoms with Crippen LogP contribution in [0, 0.1) is 5.82 Å². The Morgan fingerprint density at radius 1 is 1.39 bits per heavy atom. The zero-order valence-electron chi connectivity index (χ0n) is 13.1. The first-order valence-electron chi connectivity index (χ1n) is 6.95. The van der Waals surface area contributed by atoms with Crippen molar-refractivity contribution < 1.29 is 4.39 Å². The van der Waals surface area contributed by atoms with Gasteiger partial charge >= 0.3 is 0 Å². The van der Waals surface area contributed by atoms with Crippen LogP contribution in [0.15, 0.2) is 41.9 Å². The van der Waals surface area contributed by atoms with E-state index in [0.717, 1.165) is 17.9 Å². The number of rotatable bonds is 6. The molecule has 0 radical (unpaired) electrons. The third-order valence-corrected chi connectivity index (χ3v) is 3.69. The first kappa shape index (κ1) is 19.8. The molecule has 2 rings (SSSR count). The van der Waals surface area contributed by atoms with Crippen molar-refractivity contribution in [3.63, 3.8) is 0 Å². The van der Waals surface area contributed by atoms with Crippen molar-refractivity contribution in [3.05, 3.63) is 48.3 Å². The summed E-state index contributed by atoms with van der Waals surface area (Å²) in [5.74, 6) is 1.45. The van der Waals surface area contributed by atoms with Gasteiger partial charge in [0.15, 0.2) is 5.96 Å². The lowest BCUT2D eigenvalue weighted by molar-refractivity contribution is 0.615. The minimum absolute atomic E-state index is 0. The van der Waals surface area contributed by atoms with E-state index in [1.54, 1.807) is 48.2 Å². The number of aromatic nitrogens is 2. The Labute approximate surface area is 157 Å². The van der Waals surface area contributed by atoms with E-state index < -0.39 is 0 Å². The number of hydrogen-bond donors (Lipinski definition) is 2. The molecule has 1 heterocycles. The lowest BCUT2D eigenvalue weighted by Gasteiger charge is -2.12. The van der Waals surface area contributed by atoms with Crippen LogP contribution in [-0.2, 0) is 6.54 Å². The second kappa shape index (κ2) is 10.5. The molecule has 2 N–H and O–H groups in total. The van der Waals surface area contributed by atoms with Gasteiger partial charge < -0.3 is 15.2 Å². The van der Waals surface area contributed by atoms with Crippen LogP contribution in [0.5, 0.6) is 0 Å². The van der Waals surface area contributed by atoms with Crippen LogP contribution in [0.2, 0.25) is 0 Å². The van der Waals surface area contributed by atoms with E-state index in [2.05, 4.69) is 26.9 Å². The zero-order chi connectivity index (χ0) is 15.8. The van der Waals surface area contributed by atoms with Gasteiger partial charge in [-0.05, 0) is 24.0 Å². The Bertz CT molecular complexity index is 618. The molecule has 1 aromatic carbocycles. The minimum Gasteiger partial charge on any atom is -0.356 e. The molecule has 5 nitrogen and oxygen atoms in total. The molecular weight excluding hydrogens is 428 g/mol. The second-order valence-corrected chi connectivity index (χ2v) is 5.59. The SMILES string of the molecule is CN=C(NCCSC)NCc1ccc(-n2ccnc2)c(F)c1.I. The topological polar surface area (TPSA) is 54.2 Å². The Morgan fingerprint density at radius 2 is 2.22 bits per heavy atom. The van der Waals surface area contributed by atoms with Crippen molar-refractivity contribution in [3.8, 4) is 5.69 Å². The molecule has 0 aliphatic rings. The molecule has 8 heteroatoms. The molecule has 0 spiro atoms. The molecule has 0 unspecified atom stereocenters. The Balaban J connectivity index is 0.00000264. The summed E-state index contributed by atoms with van der Waals surface area (Å²) in [4.78, 5) is 8.06. The van der Waals surface area contributed by atoms with Crippen LogP contribution in [0.1, 0.15) is 5.56 Å². The van der Waals surface area contributed by atoms with E-state index in [1.165, 1.54) is 6.07 Å². The van der Waals surface area contributed by atoms with Crippen LogP contribution in [0.25, 0.3) is 5.69 Å². The standard InChI is InChI=1S/C15H20FN5S.HI/c1-17-15(19-6-8-22-2)20-10-12-3-4-14(13(16)9-12)21-7-5-18-11-21;/h3-5,7,9,11H,6,8,10H2,1-2H3,(H2,17,19,20);1H. The fourth-order valence-electron chi connectivity index (χ4n) is 1.95. The Morgan fingerprint density at radius 3 is 2.83 bits per heavy atom. The quantitative estimate of drug-likeness (QED) is 0.308. The van der Waals surface area contributed by atoms with Gasteiger partial charge in [-0.2, -0.15) is 11.8 Å². The van der Waals surface area contributed by atoms with Crippen LogP contribution in [0.4, 0.5) is 4.39 Å². The molecule has 0 atom stereocenters. The first-order chi connectivity index (χ1) is 10.7. The molecule has 23 heavy (non-hydrogen) atoms. The van der Waals surface area contributed by atoms with Crippen LogP contribution >= 0.6 is 35.7 Å². The van der Waals surface area contributed by atoms with Crippen molar-refractivity contribution in [2.24, 2.45) is 4.99 Å². The summed E-state index contributed by atoms with van der Waals surface area (Å²) in [7, 11) is 1.72. The van der Waals surface area contributed by atoms with Gasteiger partial charge in [0.1, 0.15) is 5.82 Å². The van der Waals surface area contributed by atoms with Crippen molar-refractivity contribution in [2.75, 3.05) is 25.6 Å². The van der Waals surface area contributed by atoms with Gasteiger partial charge in [0.05, 0.1) is 12.0 Å². The average molecular weight is 449 g/mol.